The van der Waals surface area contributed by atoms with Gasteiger partial charge in [-0.2, -0.15) is 0 Å². The number of hydrogen-bond donors (Lipinski definition) is 7. The van der Waals surface area contributed by atoms with E-state index in [9.17, 15) is 28.8 Å². The number of amides is 5. The van der Waals surface area contributed by atoms with Crippen molar-refractivity contribution in [3.05, 3.63) is 156 Å². The first-order chi connectivity index (χ1) is 33.0. The third kappa shape index (κ3) is 11.9. The van der Waals surface area contributed by atoms with Crippen LogP contribution >= 0.6 is 11.6 Å². The van der Waals surface area contributed by atoms with Gasteiger partial charge >= 0.3 is 0 Å². The highest BCUT2D eigenvalue weighted by atomic mass is 35.5. The Bertz CT molecular complexity index is 2880. The Morgan fingerprint density at radius 2 is 1.13 bits per heavy atom. The first-order valence-electron chi connectivity index (χ1n) is 21.5. The number of nitrogen functional groups attached to an aromatic ring is 2. The number of benzene rings is 2. The van der Waals surface area contributed by atoms with Gasteiger partial charge in [0.05, 0.1) is 12.1 Å². The molecule has 0 radical (unpaired) electrons. The molecule has 8 rings (SSSR count). The fourth-order valence-corrected chi connectivity index (χ4v) is 7.49. The van der Waals surface area contributed by atoms with Crippen molar-refractivity contribution in [2.45, 2.75) is 51.6 Å². The van der Waals surface area contributed by atoms with Gasteiger partial charge in [-0.1, -0.05) is 49.6 Å². The van der Waals surface area contributed by atoms with Gasteiger partial charge in [0.25, 0.3) is 23.6 Å². The summed E-state index contributed by atoms with van der Waals surface area (Å²) >= 11 is 4.87. The highest BCUT2D eigenvalue weighted by Gasteiger charge is 2.36. The average Bonchev–Trinajstić information content (AvgIpc) is 4.17. The van der Waals surface area contributed by atoms with Crippen molar-refractivity contribution in [2.75, 3.05) is 35.4 Å². The molecular weight excluding hydrogens is 904 g/mol. The van der Waals surface area contributed by atoms with Crippen LogP contribution in [0.3, 0.4) is 0 Å². The van der Waals surface area contributed by atoms with E-state index in [1.165, 1.54) is 4.68 Å². The Morgan fingerprint density at radius 1 is 0.667 bits per heavy atom. The maximum absolute atomic E-state index is 12.6. The van der Waals surface area contributed by atoms with Gasteiger partial charge in [-0.05, 0) is 106 Å². The van der Waals surface area contributed by atoms with Crippen LogP contribution in [-0.2, 0) is 9.59 Å². The standard InChI is InChI=1S/C24H25N7O3.C20H21N7O2.C4H5ClO/c1-14(2)24(34)30-13-5-6-17(30)22-29-19(20(21(25)32)31(22)26)15-8-10-16(11-9-15)23(33)28-18-7-3-4-12-27-18;21-18(28)17-16(26-19(27(17)22)14-4-3-11-23-14)12-6-8-13(9-7-12)20(29)25-15-5-1-2-10-24-15;1-3(2)4(5)6/h3-4,7-12,17H,1,5-6,13,26H2,2H3,(H2,25,32)(H,27,28,33);1-2,5-10,14,23H,3-4,11,22H2,(H2,21,28)(H,24,25,29);1H2,2H3/t17-;14-;/m00./s1. The minimum absolute atomic E-state index is 0.0183. The lowest BCUT2D eigenvalue weighted by Gasteiger charge is -2.24. The zero-order valence-electron chi connectivity index (χ0n) is 37.8. The molecule has 4 aromatic heterocycles. The monoisotopic (exact) mass is 954 g/mol. The van der Waals surface area contributed by atoms with Crippen LogP contribution in [0.4, 0.5) is 11.6 Å². The summed E-state index contributed by atoms with van der Waals surface area (Å²) in [5, 5.41) is 8.29. The first-order valence-corrected chi connectivity index (χ1v) is 21.9. The Balaban J connectivity index is 0.000000205. The van der Waals surface area contributed by atoms with Crippen molar-refractivity contribution >= 4 is 58.0 Å². The number of nitrogens with one attached hydrogen (secondary N) is 3. The summed E-state index contributed by atoms with van der Waals surface area (Å²) in [5.74, 6) is 12.0. The zero-order chi connectivity index (χ0) is 49.9. The van der Waals surface area contributed by atoms with E-state index in [4.69, 9.17) is 34.8 Å². The number of hydrogen-bond acceptors (Lipinski definition) is 13. The maximum Gasteiger partial charge on any atom is 0.269 e. The van der Waals surface area contributed by atoms with Crippen LogP contribution in [-0.4, -0.2) is 82.1 Å². The Hall–Kier alpha value is -8.49. The number of imidazole rings is 2. The highest BCUT2D eigenvalue weighted by Crippen LogP contribution is 2.35. The first kappa shape index (κ1) is 49.9. The lowest BCUT2D eigenvalue weighted by atomic mass is 10.1. The smallest absolute Gasteiger partial charge is 0.269 e. The van der Waals surface area contributed by atoms with E-state index in [1.54, 1.807) is 116 Å². The van der Waals surface area contributed by atoms with Gasteiger partial charge < -0.3 is 44.0 Å². The molecule has 5 amide bonds. The number of aromatic nitrogens is 6. The van der Waals surface area contributed by atoms with E-state index in [2.05, 4.69) is 49.0 Å². The van der Waals surface area contributed by atoms with Gasteiger partial charge in [-0.3, -0.25) is 28.8 Å². The van der Waals surface area contributed by atoms with Crippen LogP contribution < -0.4 is 39.1 Å². The molecular formula is C48H51ClN14O6. The minimum Gasteiger partial charge on any atom is -0.364 e. The van der Waals surface area contributed by atoms with E-state index in [0.717, 1.165) is 30.5 Å². The van der Waals surface area contributed by atoms with E-state index in [-0.39, 0.29) is 40.8 Å². The van der Waals surface area contributed by atoms with Gasteiger partial charge in [0.1, 0.15) is 28.8 Å². The Kier molecular flexibility index (Phi) is 16.2. The third-order valence-electron chi connectivity index (χ3n) is 10.9. The van der Waals surface area contributed by atoms with E-state index >= 15 is 0 Å². The van der Waals surface area contributed by atoms with Crippen LogP contribution in [0.5, 0.6) is 0 Å². The number of primary amides is 2. The predicted octanol–water partition coefficient (Wildman–Crippen LogP) is 5.01. The van der Waals surface area contributed by atoms with Gasteiger partial charge in [-0.25, -0.2) is 29.3 Å². The molecule has 0 saturated carbocycles. The predicted molar refractivity (Wildman–Crippen MR) is 261 cm³/mol. The minimum atomic E-state index is -0.746. The normalized spacial score (nSPS) is 14.9. The summed E-state index contributed by atoms with van der Waals surface area (Å²) in [5.41, 5.74) is 14.9. The summed E-state index contributed by atoms with van der Waals surface area (Å²) in [4.78, 5) is 90.6. The van der Waals surface area contributed by atoms with Crippen molar-refractivity contribution in [1.82, 2.24) is 39.5 Å². The second-order valence-corrected chi connectivity index (χ2v) is 16.3. The molecule has 0 aliphatic carbocycles. The molecule has 2 saturated heterocycles. The SMILES string of the molecule is C=C(C)C(=O)Cl.C=C(C)C(=O)N1CCC[C@H]1c1nc(-c2ccc(C(=O)Nc3ccccn3)cc2)c(C(N)=O)n1N.NC(=O)c1c(-c2ccc(C(=O)Nc3ccccn3)cc2)nc([C@@H]2CCCN2)n1N. The van der Waals surface area contributed by atoms with E-state index in [1.807, 2.05) is 0 Å². The van der Waals surface area contributed by atoms with E-state index < -0.39 is 23.1 Å². The highest BCUT2D eigenvalue weighted by molar-refractivity contribution is 6.67. The summed E-state index contributed by atoms with van der Waals surface area (Å²) < 4.78 is 2.43. The molecule has 2 aromatic carbocycles. The molecule has 20 nitrogen and oxygen atoms in total. The summed E-state index contributed by atoms with van der Waals surface area (Å²) in [7, 11) is 0. The van der Waals surface area contributed by atoms with Crippen LogP contribution in [0, 0.1) is 0 Å². The van der Waals surface area contributed by atoms with Crippen LogP contribution in [0.25, 0.3) is 22.5 Å². The van der Waals surface area contributed by atoms with Crippen LogP contribution in [0.1, 0.15) is 105 Å². The van der Waals surface area contributed by atoms with Crippen LogP contribution in [0.15, 0.2) is 122 Å². The number of carbonyl (C=O) groups excluding carboxylic acids is 6. The number of rotatable bonds is 12. The molecule has 356 valence electrons. The molecule has 2 atom stereocenters. The lowest BCUT2D eigenvalue weighted by molar-refractivity contribution is -0.128. The van der Waals surface area contributed by atoms with Crippen molar-refractivity contribution in [3.63, 3.8) is 0 Å². The summed E-state index contributed by atoms with van der Waals surface area (Å²) in [6, 6.07) is 23.4. The van der Waals surface area contributed by atoms with Gasteiger partial charge in [-0.15, -0.1) is 0 Å². The van der Waals surface area contributed by atoms with Crippen molar-refractivity contribution in [3.8, 4) is 22.5 Å². The molecule has 2 aliphatic heterocycles. The molecule has 2 fully saturated rings. The molecule has 2 aliphatic rings. The lowest BCUT2D eigenvalue weighted by Crippen LogP contribution is -2.34. The van der Waals surface area contributed by atoms with Crippen molar-refractivity contribution in [1.29, 1.82) is 0 Å². The topological polar surface area (TPSA) is 307 Å². The molecule has 0 bridgehead atoms. The summed E-state index contributed by atoms with van der Waals surface area (Å²) in [6.45, 7) is 11.6. The Labute approximate surface area is 401 Å². The molecule has 69 heavy (non-hydrogen) atoms. The maximum atomic E-state index is 12.6. The number of halogens is 1. The number of carbonyl (C=O) groups is 6. The molecule has 21 heteroatoms. The second kappa shape index (κ2) is 22.3. The van der Waals surface area contributed by atoms with Gasteiger partial charge in [0.2, 0.25) is 11.1 Å². The summed E-state index contributed by atoms with van der Waals surface area (Å²) in [6.07, 6.45) is 6.51. The van der Waals surface area contributed by atoms with Crippen molar-refractivity contribution < 1.29 is 28.8 Å². The van der Waals surface area contributed by atoms with Crippen LogP contribution in [0.2, 0.25) is 0 Å². The number of allylic oxidation sites excluding steroid dienone is 1. The molecule has 6 heterocycles. The zero-order valence-corrected chi connectivity index (χ0v) is 38.6. The number of nitrogens with two attached hydrogens (primary N) is 4. The molecule has 0 unspecified atom stereocenters. The van der Waals surface area contributed by atoms with Gasteiger partial charge in [0, 0.05) is 52.3 Å². The average molecular weight is 955 g/mol. The van der Waals surface area contributed by atoms with E-state index in [0.29, 0.717) is 75.3 Å². The molecule has 11 N–H and O–H groups in total. The quantitative estimate of drug-likeness (QED) is 0.0483. The second-order valence-electron chi connectivity index (χ2n) is 15.9. The van der Waals surface area contributed by atoms with Gasteiger partial charge in [0.15, 0.2) is 17.2 Å². The number of pyridine rings is 2. The molecule has 6 aromatic rings. The number of nitrogens with zero attached hydrogens (tertiary/aromatic N) is 7. The third-order valence-corrected chi connectivity index (χ3v) is 11.2. The molecule has 0 spiro atoms. The fourth-order valence-electron chi connectivity index (χ4n) is 7.49. The number of anilines is 2. The number of likely N-dealkylation sites (tertiary alicyclic amines) is 1. The Morgan fingerprint density at radius 3 is 1.52 bits per heavy atom. The van der Waals surface area contributed by atoms with Crippen molar-refractivity contribution in [2.24, 2.45) is 11.5 Å². The fraction of sp³-hybridized carbons (Fsp3) is 0.208. The largest absolute Gasteiger partial charge is 0.364 e.